The zero-order valence-electron chi connectivity index (χ0n) is 60.9. The van der Waals surface area contributed by atoms with Crippen LogP contribution in [-0.2, 0) is 65.4 Å². The van der Waals surface area contributed by atoms with Crippen molar-refractivity contribution in [1.29, 1.82) is 0 Å². The average Bonchev–Trinajstić information content (AvgIpc) is 0.982. The lowest BCUT2D eigenvalue weighted by Crippen LogP contribution is -2.30. The number of aliphatic hydroxyl groups excluding tert-OH is 1. The van der Waals surface area contributed by atoms with Crippen molar-refractivity contribution in [2.75, 3.05) is 39.6 Å². The first-order valence-electron chi connectivity index (χ1n) is 37.4. The topological polar surface area (TPSA) is 237 Å². The minimum Gasteiger partial charge on any atom is -0.462 e. The van der Waals surface area contributed by atoms with Crippen LogP contribution in [0.2, 0.25) is 0 Å². The average molecular weight is 1420 g/mol. The van der Waals surface area contributed by atoms with Gasteiger partial charge in [-0.25, -0.2) is 9.13 Å². The zero-order valence-corrected chi connectivity index (χ0v) is 62.7. The fourth-order valence-electron chi connectivity index (χ4n) is 9.45. The maximum atomic E-state index is 13.1. The van der Waals surface area contributed by atoms with Gasteiger partial charge in [-0.15, -0.1) is 0 Å². The Labute approximate surface area is 593 Å². The summed E-state index contributed by atoms with van der Waals surface area (Å²) in [5.41, 5.74) is 0. The zero-order chi connectivity index (χ0) is 71.8. The molecule has 0 aromatic heterocycles. The maximum Gasteiger partial charge on any atom is 0.472 e. The molecule has 0 rings (SSSR count). The third-order valence-corrected chi connectivity index (χ3v) is 17.0. The molecule has 0 aromatic rings. The number of hydrogen-bond acceptors (Lipinski definition) is 15. The van der Waals surface area contributed by atoms with Crippen LogP contribution in [0, 0.1) is 0 Å². The van der Waals surface area contributed by atoms with Gasteiger partial charge in [-0.3, -0.25) is 37.3 Å². The van der Waals surface area contributed by atoms with Crippen LogP contribution in [0.4, 0.5) is 0 Å². The minimum atomic E-state index is -4.99. The summed E-state index contributed by atoms with van der Waals surface area (Å²) in [6.07, 6.45) is 77.4. The normalized spacial score (nSPS) is 14.7. The molecule has 0 aliphatic rings. The van der Waals surface area contributed by atoms with Crippen molar-refractivity contribution in [3.8, 4) is 0 Å². The number of phosphoric ester groups is 2. The van der Waals surface area contributed by atoms with Gasteiger partial charge in [-0.2, -0.15) is 0 Å². The van der Waals surface area contributed by atoms with Crippen LogP contribution >= 0.6 is 15.6 Å². The van der Waals surface area contributed by atoms with Gasteiger partial charge >= 0.3 is 39.5 Å². The number of carbonyl (C=O) groups is 4. The fraction of sp³-hybridized carbons (Fsp3) is 0.671. The van der Waals surface area contributed by atoms with Gasteiger partial charge in [0.15, 0.2) is 12.2 Å². The molecule has 0 heterocycles. The van der Waals surface area contributed by atoms with Crippen molar-refractivity contribution >= 4 is 39.5 Å². The van der Waals surface area contributed by atoms with Crippen LogP contribution < -0.4 is 0 Å². The standard InChI is InChI=1S/C79H132O17P2/c1-5-9-13-17-21-25-29-32-35-36-39-41-45-48-52-56-60-64-77(82)89-69-74(95-78(83)65-61-57-53-49-43-28-24-20-16-12-8-4)71-93-97(85,86)91-67-73(80)68-92-98(87,88)94-72-75(96-79(84)66-62-58-54-50-46-42-38-34-31-27-23-19-15-11-7-3)70-90-76(81)63-59-55-51-47-44-40-37-33-30-26-22-18-14-10-6-2/h9-11,13-15,20-27,32-35,37-38,44,47,73-75,80H,5-8,12,16-19,28-31,36,39-43,45-46,48-72H2,1-4H3,(H,85,86)(H,87,88)/b13-9-,14-10-,15-11-,24-20-,25-21-,26-22-,27-23-,35-32-,37-33-,38-34-,47-44-. The summed E-state index contributed by atoms with van der Waals surface area (Å²) in [6.45, 7) is 4.39. The molecule has 98 heavy (non-hydrogen) atoms. The van der Waals surface area contributed by atoms with E-state index in [0.29, 0.717) is 25.7 Å². The van der Waals surface area contributed by atoms with Crippen LogP contribution in [0.3, 0.4) is 0 Å². The van der Waals surface area contributed by atoms with Gasteiger partial charge in [0.05, 0.1) is 26.4 Å². The van der Waals surface area contributed by atoms with Crippen molar-refractivity contribution in [2.45, 2.75) is 303 Å². The van der Waals surface area contributed by atoms with Crippen LogP contribution in [0.1, 0.15) is 285 Å². The molecule has 0 saturated heterocycles. The van der Waals surface area contributed by atoms with Gasteiger partial charge in [-0.1, -0.05) is 245 Å². The van der Waals surface area contributed by atoms with Gasteiger partial charge in [-0.05, 0) is 148 Å². The number of carbonyl (C=O) groups excluding carboxylic acids is 4. The Morgan fingerprint density at radius 2 is 0.531 bits per heavy atom. The number of ether oxygens (including phenoxy) is 4. The lowest BCUT2D eigenvalue weighted by molar-refractivity contribution is -0.161. The minimum absolute atomic E-state index is 0.0629. The van der Waals surface area contributed by atoms with Crippen LogP contribution in [0.15, 0.2) is 134 Å². The second-order valence-electron chi connectivity index (χ2n) is 24.4. The Balaban J connectivity index is 5.38. The lowest BCUT2D eigenvalue weighted by atomic mass is 10.1. The monoisotopic (exact) mass is 1410 g/mol. The maximum absolute atomic E-state index is 13.1. The van der Waals surface area contributed by atoms with E-state index in [1.165, 1.54) is 12.8 Å². The summed E-state index contributed by atoms with van der Waals surface area (Å²) >= 11 is 0. The van der Waals surface area contributed by atoms with Gasteiger partial charge in [0.2, 0.25) is 0 Å². The summed E-state index contributed by atoms with van der Waals surface area (Å²) in [7, 11) is -9.97. The highest BCUT2D eigenvalue weighted by molar-refractivity contribution is 7.47. The molecule has 0 bridgehead atoms. The SMILES string of the molecule is CC/C=C\C/C=C\C/C=C\C/C=C\CCCCC(=O)OCC(COP(=O)(O)OCC(O)COP(=O)(O)OCC(COC(=O)CCCCCCCCC/C=C\C/C=C\C/C=C\CC)OC(=O)CCCCCCC/C=C\CCCC)OC(=O)CCCCCCC/C=C\C/C=C\C/C=C\CC. The molecule has 0 radical (unpaired) electrons. The smallest absolute Gasteiger partial charge is 0.462 e. The van der Waals surface area contributed by atoms with E-state index in [9.17, 15) is 43.2 Å². The summed E-state index contributed by atoms with van der Waals surface area (Å²) in [5.74, 6) is -2.27. The molecule has 0 fully saturated rings. The van der Waals surface area contributed by atoms with Crippen molar-refractivity contribution in [3.63, 3.8) is 0 Å². The highest BCUT2D eigenvalue weighted by Crippen LogP contribution is 2.45. The number of phosphoric acid groups is 2. The highest BCUT2D eigenvalue weighted by atomic mass is 31.2. The molecule has 0 aliphatic carbocycles. The van der Waals surface area contributed by atoms with E-state index in [1.807, 2.05) is 0 Å². The van der Waals surface area contributed by atoms with Crippen molar-refractivity contribution in [3.05, 3.63) is 134 Å². The Morgan fingerprint density at radius 1 is 0.296 bits per heavy atom. The Kier molecular flexibility index (Phi) is 67.2. The molecule has 0 aliphatic heterocycles. The summed E-state index contributed by atoms with van der Waals surface area (Å²) in [4.78, 5) is 72.8. The number of hydrogen-bond donors (Lipinski definition) is 3. The number of unbranched alkanes of at least 4 members (excludes halogenated alkanes) is 21. The van der Waals surface area contributed by atoms with E-state index in [2.05, 4.69) is 161 Å². The highest BCUT2D eigenvalue weighted by Gasteiger charge is 2.30. The number of rotatable bonds is 69. The molecular formula is C79H132O17P2. The first-order chi connectivity index (χ1) is 47.7. The molecule has 0 aromatic carbocycles. The Hall–Kier alpha value is -4.80. The largest absolute Gasteiger partial charge is 0.472 e. The molecule has 19 heteroatoms. The number of allylic oxidation sites excluding steroid dienone is 22. The van der Waals surface area contributed by atoms with E-state index in [0.717, 1.165) is 193 Å². The third kappa shape index (κ3) is 69.7. The lowest BCUT2D eigenvalue weighted by Gasteiger charge is -2.21. The van der Waals surface area contributed by atoms with E-state index >= 15 is 0 Å². The number of esters is 4. The van der Waals surface area contributed by atoms with Crippen LogP contribution in [0.25, 0.3) is 0 Å². The predicted molar refractivity (Wildman–Crippen MR) is 399 cm³/mol. The molecule has 5 unspecified atom stereocenters. The van der Waals surface area contributed by atoms with Gasteiger partial charge in [0.1, 0.15) is 19.3 Å². The fourth-order valence-corrected chi connectivity index (χ4v) is 11.0. The number of aliphatic hydroxyl groups is 1. The Bertz CT molecular complexity index is 2380. The van der Waals surface area contributed by atoms with Crippen LogP contribution in [-0.4, -0.2) is 96.7 Å². The molecule has 17 nitrogen and oxygen atoms in total. The van der Waals surface area contributed by atoms with E-state index in [-0.39, 0.29) is 25.7 Å². The Morgan fingerprint density at radius 3 is 0.847 bits per heavy atom. The van der Waals surface area contributed by atoms with Crippen molar-refractivity contribution in [1.82, 2.24) is 0 Å². The molecule has 3 N–H and O–H groups in total. The molecule has 0 amide bonds. The van der Waals surface area contributed by atoms with Gasteiger partial charge in [0.25, 0.3) is 0 Å². The van der Waals surface area contributed by atoms with E-state index in [4.69, 9.17) is 37.0 Å². The first kappa shape index (κ1) is 93.2. The summed E-state index contributed by atoms with van der Waals surface area (Å²) < 4.78 is 68.3. The van der Waals surface area contributed by atoms with E-state index < -0.39 is 97.5 Å². The molecular weight excluding hydrogens is 1280 g/mol. The van der Waals surface area contributed by atoms with Gasteiger partial charge in [0, 0.05) is 25.7 Å². The van der Waals surface area contributed by atoms with Gasteiger partial charge < -0.3 is 33.8 Å². The quantitative estimate of drug-likeness (QED) is 0.0169. The predicted octanol–water partition coefficient (Wildman–Crippen LogP) is 21.3. The van der Waals surface area contributed by atoms with Crippen molar-refractivity contribution < 1.29 is 80.2 Å². The molecule has 0 saturated carbocycles. The summed E-state index contributed by atoms with van der Waals surface area (Å²) in [6, 6.07) is 0. The van der Waals surface area contributed by atoms with Crippen LogP contribution in [0.5, 0.6) is 0 Å². The third-order valence-electron chi connectivity index (χ3n) is 15.1. The second kappa shape index (κ2) is 70.6. The molecule has 5 atom stereocenters. The van der Waals surface area contributed by atoms with E-state index in [1.54, 1.807) is 0 Å². The molecule has 0 spiro atoms. The summed E-state index contributed by atoms with van der Waals surface area (Å²) in [5, 5.41) is 10.6. The second-order valence-corrected chi connectivity index (χ2v) is 27.3. The first-order valence-corrected chi connectivity index (χ1v) is 40.4. The van der Waals surface area contributed by atoms with Crippen molar-refractivity contribution in [2.24, 2.45) is 0 Å². The molecule has 560 valence electrons.